The number of nitrogens with zero attached hydrogens (tertiary/aromatic N) is 1. The Morgan fingerprint density at radius 2 is 1.60 bits per heavy atom. The molecule has 6 atom stereocenters. The van der Waals surface area contributed by atoms with Crippen molar-refractivity contribution < 1.29 is 19.1 Å². The number of ether oxygens (including phenoxy) is 1. The average molecular weight is 471 g/mol. The number of fused-ring (bicyclic) bond motifs is 5. The van der Waals surface area contributed by atoms with Crippen LogP contribution in [0.4, 0.5) is 5.69 Å². The van der Waals surface area contributed by atoms with Crippen molar-refractivity contribution in [1.82, 2.24) is 0 Å². The standard InChI is InChI=1S/C18H17Br2NO4/c1-2-25-18(24)8-3-5-9(6-4-8)21-16(22)12-10-7-11(13(12)17(21)23)15(20)14(10)19/h3-6,10-15H,2,7H2,1H3/t10-,11+,12+,13-,14+,15-. The van der Waals surface area contributed by atoms with E-state index in [0.29, 0.717) is 17.9 Å². The van der Waals surface area contributed by atoms with Crippen molar-refractivity contribution in [2.24, 2.45) is 23.7 Å². The largest absolute Gasteiger partial charge is 0.462 e. The maximum Gasteiger partial charge on any atom is 0.338 e. The van der Waals surface area contributed by atoms with Gasteiger partial charge in [-0.3, -0.25) is 14.5 Å². The summed E-state index contributed by atoms with van der Waals surface area (Å²) in [6.45, 7) is 2.05. The number of rotatable bonds is 3. The summed E-state index contributed by atoms with van der Waals surface area (Å²) in [5.41, 5.74) is 0.931. The molecule has 2 aliphatic carbocycles. The Morgan fingerprint density at radius 1 is 1.08 bits per heavy atom. The molecule has 2 saturated carbocycles. The summed E-state index contributed by atoms with van der Waals surface area (Å²) in [5, 5.41) is 0. The summed E-state index contributed by atoms with van der Waals surface area (Å²) in [5.74, 6) is -0.724. The first-order chi connectivity index (χ1) is 12.0. The zero-order valence-electron chi connectivity index (χ0n) is 13.5. The first kappa shape index (κ1) is 17.2. The minimum atomic E-state index is -0.410. The van der Waals surface area contributed by atoms with Crippen molar-refractivity contribution in [2.45, 2.75) is 23.0 Å². The highest BCUT2D eigenvalue weighted by Gasteiger charge is 2.66. The maximum absolute atomic E-state index is 12.9. The van der Waals surface area contributed by atoms with E-state index in [1.807, 2.05) is 0 Å². The number of hydrogen-bond acceptors (Lipinski definition) is 4. The molecule has 5 nitrogen and oxygen atoms in total. The third-order valence-corrected chi connectivity index (χ3v) is 8.83. The second-order valence-corrected chi connectivity index (χ2v) is 8.90. The van der Waals surface area contributed by atoms with Crippen LogP contribution < -0.4 is 4.90 Å². The molecular formula is C18H17Br2NO4. The third-order valence-electron chi connectivity index (χ3n) is 5.62. The lowest BCUT2D eigenvalue weighted by molar-refractivity contribution is -0.123. The van der Waals surface area contributed by atoms with Crippen molar-refractivity contribution >= 4 is 55.3 Å². The molecule has 2 bridgehead atoms. The monoisotopic (exact) mass is 469 g/mol. The Hall–Kier alpha value is -1.21. The van der Waals surface area contributed by atoms with Crippen molar-refractivity contribution in [3.63, 3.8) is 0 Å². The van der Waals surface area contributed by atoms with Crippen LogP contribution in [0.15, 0.2) is 24.3 Å². The number of alkyl halides is 2. The average Bonchev–Trinajstić information content (AvgIpc) is 3.20. The minimum absolute atomic E-state index is 0.116. The molecule has 1 aromatic carbocycles. The van der Waals surface area contributed by atoms with Crippen LogP contribution in [0.5, 0.6) is 0 Å². The molecule has 1 aromatic rings. The van der Waals surface area contributed by atoms with E-state index in [9.17, 15) is 14.4 Å². The third kappa shape index (κ3) is 2.42. The number of hydrogen-bond donors (Lipinski definition) is 0. The highest BCUT2D eigenvalue weighted by Crippen LogP contribution is 2.60. The normalized spacial score (nSPS) is 36.0. The van der Waals surface area contributed by atoms with Crippen LogP contribution in [0.3, 0.4) is 0 Å². The van der Waals surface area contributed by atoms with Gasteiger partial charge in [-0.05, 0) is 49.4 Å². The molecule has 4 rings (SSSR count). The van der Waals surface area contributed by atoms with Gasteiger partial charge in [0.1, 0.15) is 0 Å². The smallest absolute Gasteiger partial charge is 0.338 e. The van der Waals surface area contributed by atoms with Crippen LogP contribution in [-0.2, 0) is 14.3 Å². The molecule has 3 fully saturated rings. The van der Waals surface area contributed by atoms with Crippen LogP contribution in [0, 0.1) is 23.7 Å². The van der Waals surface area contributed by atoms with Gasteiger partial charge in [-0.2, -0.15) is 0 Å². The van der Waals surface area contributed by atoms with E-state index >= 15 is 0 Å². The SMILES string of the molecule is CCOC(=O)c1ccc(N2C(=O)[C@@H]3[C@@H]4C[C@@H]([C@H](Br)[C@@H]4Br)[C@@H]3C2=O)cc1. The van der Waals surface area contributed by atoms with Gasteiger partial charge in [-0.15, -0.1) is 0 Å². The fourth-order valence-corrected chi connectivity index (χ4v) is 6.44. The highest BCUT2D eigenvalue weighted by atomic mass is 79.9. The quantitative estimate of drug-likeness (QED) is 0.386. The van der Waals surface area contributed by atoms with Crippen LogP contribution in [0.2, 0.25) is 0 Å². The zero-order valence-corrected chi connectivity index (χ0v) is 16.7. The number of benzene rings is 1. The molecule has 25 heavy (non-hydrogen) atoms. The molecule has 132 valence electrons. The van der Waals surface area contributed by atoms with Gasteiger partial charge in [0.15, 0.2) is 0 Å². The van der Waals surface area contributed by atoms with Gasteiger partial charge in [0.2, 0.25) is 11.8 Å². The summed E-state index contributed by atoms with van der Waals surface area (Å²) in [4.78, 5) is 39.4. The first-order valence-corrected chi connectivity index (χ1v) is 10.2. The van der Waals surface area contributed by atoms with Gasteiger partial charge in [-0.25, -0.2) is 4.79 Å². The van der Waals surface area contributed by atoms with Gasteiger partial charge in [0.05, 0.1) is 29.7 Å². The Kier molecular flexibility index (Phi) is 4.27. The van der Waals surface area contributed by atoms with E-state index in [-0.39, 0.29) is 45.1 Å². The molecule has 1 heterocycles. The van der Waals surface area contributed by atoms with E-state index < -0.39 is 5.97 Å². The first-order valence-electron chi connectivity index (χ1n) is 8.38. The predicted molar refractivity (Wildman–Crippen MR) is 98.9 cm³/mol. The van der Waals surface area contributed by atoms with E-state index in [1.165, 1.54) is 4.90 Å². The summed E-state index contributed by atoms with van der Waals surface area (Å²) < 4.78 is 4.96. The molecule has 1 aliphatic heterocycles. The molecule has 0 N–H and O–H groups in total. The number of amides is 2. The van der Waals surface area contributed by atoms with Crippen LogP contribution in [0.25, 0.3) is 0 Å². The number of anilines is 1. The topological polar surface area (TPSA) is 63.7 Å². The molecule has 2 amide bonds. The predicted octanol–water partition coefficient (Wildman–Crippen LogP) is 3.15. The molecule has 0 unspecified atom stereocenters. The Morgan fingerprint density at radius 3 is 2.08 bits per heavy atom. The summed E-state index contributed by atoms with van der Waals surface area (Å²) >= 11 is 7.36. The molecule has 7 heteroatoms. The molecule has 0 aromatic heterocycles. The lowest BCUT2D eigenvalue weighted by Crippen LogP contribution is -2.37. The number of esters is 1. The molecule has 0 spiro atoms. The molecule has 0 radical (unpaired) electrons. The lowest BCUT2D eigenvalue weighted by atomic mass is 9.81. The summed E-state index contributed by atoms with van der Waals surface area (Å²) in [7, 11) is 0. The van der Waals surface area contributed by atoms with Crippen molar-refractivity contribution in [3.05, 3.63) is 29.8 Å². The minimum Gasteiger partial charge on any atom is -0.462 e. The highest BCUT2D eigenvalue weighted by molar-refractivity contribution is 9.12. The molecule has 1 saturated heterocycles. The second-order valence-electron chi connectivity index (χ2n) is 6.78. The van der Waals surface area contributed by atoms with Gasteiger partial charge >= 0.3 is 5.97 Å². The van der Waals surface area contributed by atoms with E-state index in [4.69, 9.17) is 4.74 Å². The second kappa shape index (κ2) is 6.20. The Labute approximate surface area is 162 Å². The maximum atomic E-state index is 12.9. The van der Waals surface area contributed by atoms with E-state index in [1.54, 1.807) is 31.2 Å². The van der Waals surface area contributed by atoms with E-state index in [2.05, 4.69) is 31.9 Å². The van der Waals surface area contributed by atoms with Crippen LogP contribution >= 0.6 is 31.9 Å². The Bertz CT molecular complexity index is 718. The fourth-order valence-electron chi connectivity index (χ4n) is 4.56. The summed E-state index contributed by atoms with van der Waals surface area (Å²) in [6.07, 6.45) is 0.911. The van der Waals surface area contributed by atoms with Gasteiger partial charge in [0, 0.05) is 9.65 Å². The zero-order chi connectivity index (χ0) is 17.9. The van der Waals surface area contributed by atoms with Crippen molar-refractivity contribution in [3.8, 4) is 0 Å². The fraction of sp³-hybridized carbons (Fsp3) is 0.500. The number of carbonyl (C=O) groups excluding carboxylic acids is 3. The van der Waals surface area contributed by atoms with Crippen LogP contribution in [0.1, 0.15) is 23.7 Å². The molecular weight excluding hydrogens is 454 g/mol. The van der Waals surface area contributed by atoms with Crippen molar-refractivity contribution in [1.29, 1.82) is 0 Å². The number of imide groups is 1. The number of carbonyl (C=O) groups is 3. The van der Waals surface area contributed by atoms with Gasteiger partial charge < -0.3 is 4.74 Å². The van der Waals surface area contributed by atoms with Gasteiger partial charge in [0.25, 0.3) is 0 Å². The summed E-state index contributed by atoms with van der Waals surface area (Å²) in [6, 6.07) is 6.47. The van der Waals surface area contributed by atoms with Gasteiger partial charge in [-0.1, -0.05) is 31.9 Å². The van der Waals surface area contributed by atoms with Crippen LogP contribution in [-0.4, -0.2) is 34.0 Å². The van der Waals surface area contributed by atoms with E-state index in [0.717, 1.165) is 6.42 Å². The Balaban J connectivity index is 1.61. The molecule has 3 aliphatic rings. The number of halogens is 2. The van der Waals surface area contributed by atoms with Crippen molar-refractivity contribution in [2.75, 3.05) is 11.5 Å². The lowest BCUT2D eigenvalue weighted by Gasteiger charge is -2.28.